The van der Waals surface area contributed by atoms with E-state index in [4.69, 9.17) is 11.6 Å². The van der Waals surface area contributed by atoms with Crippen LogP contribution in [0.1, 0.15) is 5.56 Å². The SMILES string of the molecule is Cn1cc2cc(CN(N)c3nc(-c4ccc(P(C)C)c(F)c4)cnc3N)ccc2n1. The topological polar surface area (TPSA) is 98.9 Å². The first-order valence-corrected chi connectivity index (χ1v) is 11.6. The monoisotopic (exact) mass is 423 g/mol. The molecule has 4 N–H and O–H groups in total. The van der Waals surface area contributed by atoms with Crippen LogP contribution in [0.3, 0.4) is 0 Å². The van der Waals surface area contributed by atoms with E-state index in [9.17, 15) is 4.39 Å². The molecule has 9 heteroatoms. The number of nitrogen functional groups attached to an aromatic ring is 1. The largest absolute Gasteiger partial charge is 0.381 e. The molecule has 0 saturated carbocycles. The molecule has 0 saturated heterocycles. The number of fused-ring (bicyclic) bond motifs is 1. The minimum Gasteiger partial charge on any atom is -0.381 e. The molecule has 0 spiro atoms. The van der Waals surface area contributed by atoms with E-state index in [0.29, 0.717) is 23.6 Å². The van der Waals surface area contributed by atoms with Gasteiger partial charge in [0.05, 0.1) is 24.0 Å². The summed E-state index contributed by atoms with van der Waals surface area (Å²) in [5.74, 6) is 6.60. The predicted octanol–water partition coefficient (Wildman–Crippen LogP) is 3.00. The Balaban J connectivity index is 1.62. The molecule has 2 aromatic carbocycles. The lowest BCUT2D eigenvalue weighted by molar-refractivity contribution is 0.636. The normalized spacial score (nSPS) is 11.4. The third-order valence-electron chi connectivity index (χ3n) is 4.81. The number of hydrazine groups is 1. The van der Waals surface area contributed by atoms with Crippen molar-refractivity contribution in [2.45, 2.75) is 6.54 Å². The van der Waals surface area contributed by atoms with Crippen LogP contribution in [0.15, 0.2) is 48.8 Å². The van der Waals surface area contributed by atoms with Gasteiger partial charge in [-0.05, 0) is 37.1 Å². The van der Waals surface area contributed by atoms with Gasteiger partial charge in [-0.1, -0.05) is 26.1 Å². The molecule has 0 amide bonds. The van der Waals surface area contributed by atoms with Crippen molar-refractivity contribution in [2.24, 2.45) is 12.9 Å². The zero-order chi connectivity index (χ0) is 21.4. The third-order valence-corrected chi connectivity index (χ3v) is 6.14. The van der Waals surface area contributed by atoms with Gasteiger partial charge in [0.25, 0.3) is 0 Å². The third kappa shape index (κ3) is 3.97. The summed E-state index contributed by atoms with van der Waals surface area (Å²) in [6, 6.07) is 11.1. The maximum atomic E-state index is 14.4. The number of benzene rings is 2. The number of halogens is 1. The first kappa shape index (κ1) is 20.2. The summed E-state index contributed by atoms with van der Waals surface area (Å²) in [6.45, 7) is 4.42. The smallest absolute Gasteiger partial charge is 0.186 e. The van der Waals surface area contributed by atoms with Crippen LogP contribution in [0.5, 0.6) is 0 Å². The van der Waals surface area contributed by atoms with E-state index in [0.717, 1.165) is 21.8 Å². The Morgan fingerprint density at radius 1 is 1.17 bits per heavy atom. The molecule has 4 aromatic rings. The van der Waals surface area contributed by atoms with Crippen molar-refractivity contribution in [1.82, 2.24) is 19.7 Å². The maximum Gasteiger partial charge on any atom is 0.186 e. The summed E-state index contributed by atoms with van der Waals surface area (Å²) in [6.07, 6.45) is 3.48. The quantitative estimate of drug-likeness (QED) is 0.291. The number of rotatable bonds is 5. The van der Waals surface area contributed by atoms with Gasteiger partial charge in [-0.3, -0.25) is 9.69 Å². The van der Waals surface area contributed by atoms with Gasteiger partial charge in [0.1, 0.15) is 5.82 Å². The minimum atomic E-state index is -0.524. The number of hydrogen-bond acceptors (Lipinski definition) is 6. The van der Waals surface area contributed by atoms with E-state index >= 15 is 0 Å². The molecule has 7 nitrogen and oxygen atoms in total. The van der Waals surface area contributed by atoms with Gasteiger partial charge >= 0.3 is 0 Å². The minimum absolute atomic E-state index is 0.214. The maximum absolute atomic E-state index is 14.4. The van der Waals surface area contributed by atoms with Crippen LogP contribution in [-0.4, -0.2) is 33.1 Å². The average molecular weight is 423 g/mol. The zero-order valence-electron chi connectivity index (χ0n) is 17.0. The van der Waals surface area contributed by atoms with E-state index in [2.05, 4.69) is 15.1 Å². The predicted molar refractivity (Wildman–Crippen MR) is 121 cm³/mol. The van der Waals surface area contributed by atoms with Crippen molar-refractivity contribution in [3.8, 4) is 11.3 Å². The molecule has 0 fully saturated rings. The lowest BCUT2D eigenvalue weighted by Gasteiger charge is -2.19. The van der Waals surface area contributed by atoms with Gasteiger partial charge in [-0.15, -0.1) is 0 Å². The molecule has 2 aromatic heterocycles. The molecule has 0 atom stereocenters. The Hall–Kier alpha value is -3.09. The molecule has 0 aliphatic carbocycles. The highest BCUT2D eigenvalue weighted by molar-refractivity contribution is 7.64. The second-order valence-corrected chi connectivity index (χ2v) is 9.62. The molecule has 154 valence electrons. The Morgan fingerprint density at radius 3 is 2.70 bits per heavy atom. The number of aromatic nitrogens is 4. The molecule has 4 rings (SSSR count). The van der Waals surface area contributed by atoms with Gasteiger partial charge in [0.2, 0.25) is 0 Å². The van der Waals surface area contributed by atoms with E-state index in [1.165, 1.54) is 17.3 Å². The van der Waals surface area contributed by atoms with Gasteiger partial charge in [0, 0.05) is 29.5 Å². The number of anilines is 2. The lowest BCUT2D eigenvalue weighted by Crippen LogP contribution is -2.32. The molecule has 0 aliphatic heterocycles. The summed E-state index contributed by atoms with van der Waals surface area (Å²) in [5.41, 5.74) is 9.08. The van der Waals surface area contributed by atoms with E-state index in [-0.39, 0.29) is 11.6 Å². The highest BCUT2D eigenvalue weighted by Gasteiger charge is 2.14. The van der Waals surface area contributed by atoms with Crippen LogP contribution < -0.4 is 21.9 Å². The van der Waals surface area contributed by atoms with E-state index in [1.54, 1.807) is 10.7 Å². The number of aryl methyl sites for hydroxylation is 1. The molecule has 0 radical (unpaired) electrons. The summed E-state index contributed by atoms with van der Waals surface area (Å²) in [7, 11) is 1.36. The van der Waals surface area contributed by atoms with Gasteiger partial charge in [-0.2, -0.15) is 5.10 Å². The second kappa shape index (κ2) is 7.97. The molecule has 0 bridgehead atoms. The van der Waals surface area contributed by atoms with Crippen molar-refractivity contribution >= 4 is 35.8 Å². The standard InChI is InChI=1S/C21H23FN7P/c1-28-12-15-8-13(4-6-17(15)27-28)11-29(24)21-20(23)25-10-18(26-21)14-5-7-19(30(2)3)16(22)9-14/h4-10,12H,11,24H2,1-3H3,(H2,23,25). The first-order chi connectivity index (χ1) is 14.3. The van der Waals surface area contributed by atoms with Crippen molar-refractivity contribution in [3.05, 3.63) is 60.2 Å². The molecule has 30 heavy (non-hydrogen) atoms. The average Bonchev–Trinajstić information content (AvgIpc) is 3.07. The Kier molecular flexibility index (Phi) is 5.37. The summed E-state index contributed by atoms with van der Waals surface area (Å²) < 4.78 is 16.2. The summed E-state index contributed by atoms with van der Waals surface area (Å²) in [4.78, 5) is 8.78. The molecular weight excluding hydrogens is 400 g/mol. The second-order valence-electron chi connectivity index (χ2n) is 7.35. The molecule has 0 unspecified atom stereocenters. The van der Waals surface area contributed by atoms with Crippen LogP contribution in [0.2, 0.25) is 0 Å². The Morgan fingerprint density at radius 2 is 1.97 bits per heavy atom. The van der Waals surface area contributed by atoms with Gasteiger partial charge < -0.3 is 5.73 Å². The fourth-order valence-corrected chi connectivity index (χ4v) is 4.20. The number of nitrogens with two attached hydrogens (primary N) is 2. The zero-order valence-corrected chi connectivity index (χ0v) is 17.9. The molecule has 2 heterocycles. The fraction of sp³-hybridized carbons (Fsp3) is 0.190. The van der Waals surface area contributed by atoms with Crippen LogP contribution in [-0.2, 0) is 13.6 Å². The van der Waals surface area contributed by atoms with E-state index < -0.39 is 7.92 Å². The first-order valence-electron chi connectivity index (χ1n) is 9.36. The number of nitrogens with zero attached hydrogens (tertiary/aromatic N) is 5. The van der Waals surface area contributed by atoms with Crippen molar-refractivity contribution in [1.29, 1.82) is 0 Å². The van der Waals surface area contributed by atoms with Crippen LogP contribution >= 0.6 is 7.92 Å². The van der Waals surface area contributed by atoms with Gasteiger partial charge in [-0.25, -0.2) is 20.2 Å². The summed E-state index contributed by atoms with van der Waals surface area (Å²) >= 11 is 0. The van der Waals surface area contributed by atoms with Crippen LogP contribution in [0.4, 0.5) is 16.0 Å². The van der Waals surface area contributed by atoms with E-state index in [1.807, 2.05) is 50.8 Å². The van der Waals surface area contributed by atoms with Gasteiger partial charge in [0.15, 0.2) is 11.6 Å². The highest BCUT2D eigenvalue weighted by Crippen LogP contribution is 2.29. The van der Waals surface area contributed by atoms with Crippen molar-refractivity contribution < 1.29 is 4.39 Å². The number of hydrogen-bond donors (Lipinski definition) is 2. The summed E-state index contributed by atoms with van der Waals surface area (Å²) in [5, 5.41) is 7.58. The lowest BCUT2D eigenvalue weighted by atomic mass is 10.1. The van der Waals surface area contributed by atoms with Crippen LogP contribution in [0, 0.1) is 5.82 Å². The molecular formula is C21H23FN7P. The highest BCUT2D eigenvalue weighted by atomic mass is 31.1. The Bertz CT molecular complexity index is 1220. The van der Waals surface area contributed by atoms with Crippen LogP contribution in [0.25, 0.3) is 22.2 Å². The van der Waals surface area contributed by atoms with Crippen molar-refractivity contribution in [2.75, 3.05) is 24.1 Å². The molecule has 0 aliphatic rings. The Labute approximate surface area is 175 Å². The fourth-order valence-electron chi connectivity index (χ4n) is 3.34. The van der Waals surface area contributed by atoms with Crippen molar-refractivity contribution in [3.63, 3.8) is 0 Å².